The standard InChI is InChI=1S/C19H16N2O3/c22-18-16-11-5-4-10-15(16)17(19(23)24)13-21(18)20-12-6-9-14-7-2-1-3-8-14/h1-5,7-8,10-13H,6,9H2,(H,23,24)/b20-12+. The fourth-order valence-electron chi connectivity index (χ4n) is 2.56. The number of carboxylic acids is 1. The van der Waals surface area contributed by atoms with E-state index in [1.807, 2.05) is 30.3 Å². The highest BCUT2D eigenvalue weighted by Crippen LogP contribution is 2.15. The average molecular weight is 320 g/mol. The molecule has 5 heteroatoms. The van der Waals surface area contributed by atoms with Gasteiger partial charge in [-0.15, -0.1) is 0 Å². The SMILES string of the molecule is O=C(O)c1cn(/N=C/CCc2ccccc2)c(=O)c2ccccc12. The Labute approximate surface area is 138 Å². The van der Waals surface area contributed by atoms with E-state index in [4.69, 9.17) is 0 Å². The molecule has 1 aromatic heterocycles. The topological polar surface area (TPSA) is 71.7 Å². The van der Waals surface area contributed by atoms with Crippen LogP contribution in [0.15, 0.2) is 70.7 Å². The van der Waals surface area contributed by atoms with Crippen LogP contribution >= 0.6 is 0 Å². The molecule has 0 fully saturated rings. The van der Waals surface area contributed by atoms with Gasteiger partial charge in [0, 0.05) is 23.2 Å². The molecule has 120 valence electrons. The summed E-state index contributed by atoms with van der Waals surface area (Å²) in [5.41, 5.74) is 0.915. The molecule has 3 aromatic rings. The highest BCUT2D eigenvalue weighted by atomic mass is 16.4. The predicted octanol–water partition coefficient (Wildman–Crippen LogP) is 3.17. The average Bonchev–Trinajstić information content (AvgIpc) is 2.61. The number of fused-ring (bicyclic) bond motifs is 1. The van der Waals surface area contributed by atoms with Crippen LogP contribution in [0.5, 0.6) is 0 Å². The number of carbonyl (C=O) groups is 1. The van der Waals surface area contributed by atoms with Crippen LogP contribution in [0.1, 0.15) is 22.3 Å². The summed E-state index contributed by atoms with van der Waals surface area (Å²) in [6.07, 6.45) is 4.37. The lowest BCUT2D eigenvalue weighted by Gasteiger charge is -2.05. The van der Waals surface area contributed by atoms with Gasteiger partial charge < -0.3 is 5.11 Å². The van der Waals surface area contributed by atoms with Gasteiger partial charge in [-0.25, -0.2) is 9.47 Å². The molecule has 0 amide bonds. The van der Waals surface area contributed by atoms with Crippen LogP contribution in [0.2, 0.25) is 0 Å². The monoisotopic (exact) mass is 320 g/mol. The molecule has 0 atom stereocenters. The van der Waals surface area contributed by atoms with Crippen LogP contribution in [-0.4, -0.2) is 22.0 Å². The molecule has 0 unspecified atom stereocenters. The molecule has 1 N–H and O–H groups in total. The van der Waals surface area contributed by atoms with Gasteiger partial charge in [-0.05, 0) is 24.5 Å². The van der Waals surface area contributed by atoms with Crippen molar-refractivity contribution in [2.75, 3.05) is 0 Å². The first-order chi connectivity index (χ1) is 11.7. The van der Waals surface area contributed by atoms with Crippen LogP contribution in [0.25, 0.3) is 10.8 Å². The largest absolute Gasteiger partial charge is 0.478 e. The molecule has 0 saturated carbocycles. The van der Waals surface area contributed by atoms with Crippen molar-refractivity contribution in [3.8, 4) is 0 Å². The number of carboxylic acid groups (broad SMARTS) is 1. The maximum absolute atomic E-state index is 12.4. The molecular weight excluding hydrogens is 304 g/mol. The van der Waals surface area contributed by atoms with Gasteiger partial charge in [-0.1, -0.05) is 48.5 Å². The fourth-order valence-corrected chi connectivity index (χ4v) is 2.56. The van der Waals surface area contributed by atoms with Gasteiger partial charge in [0.15, 0.2) is 0 Å². The van der Waals surface area contributed by atoms with E-state index in [0.717, 1.165) is 11.1 Å². The molecule has 5 nitrogen and oxygen atoms in total. The van der Waals surface area contributed by atoms with Gasteiger partial charge in [0.2, 0.25) is 0 Å². The van der Waals surface area contributed by atoms with Crippen LogP contribution < -0.4 is 5.56 Å². The van der Waals surface area contributed by atoms with E-state index in [2.05, 4.69) is 5.10 Å². The van der Waals surface area contributed by atoms with E-state index in [9.17, 15) is 14.7 Å². The molecule has 3 rings (SSSR count). The molecule has 0 aliphatic heterocycles. The quantitative estimate of drug-likeness (QED) is 0.734. The number of benzene rings is 2. The van der Waals surface area contributed by atoms with Gasteiger partial charge in [-0.3, -0.25) is 4.79 Å². The lowest BCUT2D eigenvalue weighted by molar-refractivity contribution is 0.0698. The molecule has 0 saturated heterocycles. The minimum absolute atomic E-state index is 0.0606. The molecule has 0 spiro atoms. The molecule has 0 aliphatic carbocycles. The van der Waals surface area contributed by atoms with E-state index in [1.54, 1.807) is 30.5 Å². The third-order valence-electron chi connectivity index (χ3n) is 3.75. The molecular formula is C19H16N2O3. The second-order valence-electron chi connectivity index (χ2n) is 5.37. The van der Waals surface area contributed by atoms with Crippen molar-refractivity contribution in [1.82, 2.24) is 4.68 Å². The molecule has 0 radical (unpaired) electrons. The first kappa shape index (κ1) is 15.7. The van der Waals surface area contributed by atoms with E-state index >= 15 is 0 Å². The van der Waals surface area contributed by atoms with Crippen molar-refractivity contribution in [3.05, 3.63) is 82.3 Å². The van der Waals surface area contributed by atoms with E-state index in [0.29, 0.717) is 17.2 Å². The zero-order valence-corrected chi connectivity index (χ0v) is 12.9. The Morgan fingerprint density at radius 2 is 1.71 bits per heavy atom. The van der Waals surface area contributed by atoms with Crippen LogP contribution in [-0.2, 0) is 6.42 Å². The summed E-state index contributed by atoms with van der Waals surface area (Å²) in [4.78, 5) is 23.8. The smallest absolute Gasteiger partial charge is 0.337 e. The van der Waals surface area contributed by atoms with Crippen LogP contribution in [0.3, 0.4) is 0 Å². The van der Waals surface area contributed by atoms with Crippen LogP contribution in [0.4, 0.5) is 0 Å². The third kappa shape index (κ3) is 3.25. The number of hydrogen-bond acceptors (Lipinski definition) is 3. The minimum Gasteiger partial charge on any atom is -0.478 e. The Kier molecular flexibility index (Phi) is 4.52. The Balaban J connectivity index is 1.89. The number of hydrogen-bond donors (Lipinski definition) is 1. The third-order valence-corrected chi connectivity index (χ3v) is 3.75. The summed E-state index contributed by atoms with van der Waals surface area (Å²) in [6, 6.07) is 16.6. The Morgan fingerprint density at radius 1 is 1.04 bits per heavy atom. The summed E-state index contributed by atoms with van der Waals surface area (Å²) >= 11 is 0. The van der Waals surface area contributed by atoms with Crippen molar-refractivity contribution in [1.29, 1.82) is 0 Å². The van der Waals surface area contributed by atoms with Gasteiger partial charge in [0.1, 0.15) is 0 Å². The summed E-state index contributed by atoms with van der Waals surface area (Å²) in [7, 11) is 0. The van der Waals surface area contributed by atoms with Crippen molar-refractivity contribution >= 4 is 23.0 Å². The maximum Gasteiger partial charge on any atom is 0.337 e. The highest BCUT2D eigenvalue weighted by molar-refractivity contribution is 6.02. The van der Waals surface area contributed by atoms with Crippen molar-refractivity contribution in [3.63, 3.8) is 0 Å². The fraction of sp³-hybridized carbons (Fsp3) is 0.105. The zero-order valence-electron chi connectivity index (χ0n) is 12.9. The molecule has 2 aromatic carbocycles. The first-order valence-electron chi connectivity index (χ1n) is 7.61. The second kappa shape index (κ2) is 6.91. The molecule has 0 aliphatic rings. The molecule has 24 heavy (non-hydrogen) atoms. The Morgan fingerprint density at radius 3 is 2.42 bits per heavy atom. The molecule has 0 bridgehead atoms. The number of pyridine rings is 1. The first-order valence-corrected chi connectivity index (χ1v) is 7.61. The van der Waals surface area contributed by atoms with Gasteiger partial charge in [0.05, 0.1) is 5.56 Å². The Hall–Kier alpha value is -3.21. The summed E-state index contributed by atoms with van der Waals surface area (Å²) in [6.45, 7) is 0. The zero-order chi connectivity index (χ0) is 16.9. The van der Waals surface area contributed by atoms with Gasteiger partial charge in [0.25, 0.3) is 5.56 Å². The van der Waals surface area contributed by atoms with Crippen LogP contribution in [0, 0.1) is 0 Å². The van der Waals surface area contributed by atoms with Crippen molar-refractivity contribution < 1.29 is 9.90 Å². The lowest BCUT2D eigenvalue weighted by atomic mass is 10.1. The minimum atomic E-state index is -1.08. The summed E-state index contributed by atoms with van der Waals surface area (Å²) < 4.78 is 1.09. The lowest BCUT2D eigenvalue weighted by Crippen LogP contribution is -2.19. The number of aryl methyl sites for hydroxylation is 1. The number of nitrogens with zero attached hydrogens (tertiary/aromatic N) is 2. The van der Waals surface area contributed by atoms with Gasteiger partial charge in [-0.2, -0.15) is 5.10 Å². The summed E-state index contributed by atoms with van der Waals surface area (Å²) in [5.74, 6) is -1.08. The van der Waals surface area contributed by atoms with Crippen molar-refractivity contribution in [2.45, 2.75) is 12.8 Å². The predicted molar refractivity (Wildman–Crippen MR) is 93.8 cm³/mol. The highest BCUT2D eigenvalue weighted by Gasteiger charge is 2.12. The molecule has 1 heterocycles. The van der Waals surface area contributed by atoms with Gasteiger partial charge >= 0.3 is 5.97 Å². The second-order valence-corrected chi connectivity index (χ2v) is 5.37. The number of aromatic carboxylic acids is 1. The van der Waals surface area contributed by atoms with Crippen molar-refractivity contribution in [2.24, 2.45) is 5.10 Å². The normalized spacial score (nSPS) is 11.2. The van der Waals surface area contributed by atoms with E-state index < -0.39 is 5.97 Å². The van der Waals surface area contributed by atoms with E-state index in [1.165, 1.54) is 11.8 Å². The maximum atomic E-state index is 12.4. The Bertz CT molecular complexity index is 959. The van der Waals surface area contributed by atoms with E-state index in [-0.39, 0.29) is 11.1 Å². The number of aromatic nitrogens is 1. The number of rotatable bonds is 5. The summed E-state index contributed by atoms with van der Waals surface area (Å²) in [5, 5.41) is 14.2.